The number of benzene rings is 2. The van der Waals surface area contributed by atoms with Crippen molar-refractivity contribution in [3.63, 3.8) is 0 Å². The van der Waals surface area contributed by atoms with Gasteiger partial charge in [-0.1, -0.05) is 12.1 Å². The Balaban J connectivity index is 0.00000450. The predicted molar refractivity (Wildman–Crippen MR) is 117 cm³/mol. The largest absolute Gasteiger partial charge is 0.435 e. The van der Waals surface area contributed by atoms with E-state index >= 15 is 0 Å². The fraction of sp³-hybridized carbons (Fsp3) is 0.300. The fourth-order valence-corrected chi connectivity index (χ4v) is 2.45. The Hall–Kier alpha value is -2.52. The Morgan fingerprint density at radius 1 is 1.20 bits per heavy atom. The molecule has 1 atom stereocenters. The van der Waals surface area contributed by atoms with Crippen molar-refractivity contribution in [3.8, 4) is 11.8 Å². The molecular formula is C20H22F3IN4O2. The summed E-state index contributed by atoms with van der Waals surface area (Å²) in [7, 11) is 0. The van der Waals surface area contributed by atoms with Crippen LogP contribution in [0.5, 0.6) is 5.75 Å². The minimum Gasteiger partial charge on any atom is -0.435 e. The lowest BCUT2D eigenvalue weighted by molar-refractivity contribution is -0.0498. The summed E-state index contributed by atoms with van der Waals surface area (Å²) in [4.78, 5) is 4.26. The number of ether oxygens (including phenoxy) is 1. The van der Waals surface area contributed by atoms with E-state index in [4.69, 9.17) is 5.26 Å². The van der Waals surface area contributed by atoms with Gasteiger partial charge in [0.1, 0.15) is 11.6 Å². The van der Waals surface area contributed by atoms with Crippen molar-refractivity contribution >= 4 is 29.9 Å². The SMILES string of the molecule is CCNC(=NCc1cc(C#N)ccc1F)NCC(O)c1ccc(OC(F)F)cc1.I. The van der Waals surface area contributed by atoms with Crippen LogP contribution in [-0.2, 0) is 6.54 Å². The van der Waals surface area contributed by atoms with Crippen molar-refractivity contribution in [1.82, 2.24) is 10.6 Å². The van der Waals surface area contributed by atoms with E-state index in [0.717, 1.165) is 0 Å². The van der Waals surface area contributed by atoms with Gasteiger partial charge in [-0.05, 0) is 42.8 Å². The van der Waals surface area contributed by atoms with E-state index in [1.807, 2.05) is 13.0 Å². The minimum atomic E-state index is -2.91. The summed E-state index contributed by atoms with van der Waals surface area (Å²) in [5.41, 5.74) is 1.11. The maximum atomic E-state index is 13.9. The molecule has 0 amide bonds. The molecule has 3 N–H and O–H groups in total. The Kier molecular flexibility index (Phi) is 11.0. The summed E-state index contributed by atoms with van der Waals surface area (Å²) in [6.45, 7) is -0.423. The number of aliphatic imine (C=N–C) groups is 1. The third-order valence-electron chi connectivity index (χ3n) is 3.88. The van der Waals surface area contributed by atoms with Gasteiger partial charge in [-0.25, -0.2) is 9.38 Å². The number of hydrogen-bond donors (Lipinski definition) is 3. The third-order valence-corrected chi connectivity index (χ3v) is 3.88. The number of aliphatic hydroxyl groups is 1. The molecule has 0 saturated carbocycles. The second-order valence-corrected chi connectivity index (χ2v) is 5.96. The van der Waals surface area contributed by atoms with Crippen LogP contribution in [0.25, 0.3) is 0 Å². The first kappa shape index (κ1) is 25.5. The summed E-state index contributed by atoms with van der Waals surface area (Å²) < 4.78 is 42.5. The minimum absolute atomic E-state index is 0. The van der Waals surface area contributed by atoms with E-state index in [1.54, 1.807) is 0 Å². The lowest BCUT2D eigenvalue weighted by Gasteiger charge is -2.16. The van der Waals surface area contributed by atoms with E-state index in [9.17, 15) is 18.3 Å². The fourth-order valence-electron chi connectivity index (χ4n) is 2.45. The van der Waals surface area contributed by atoms with E-state index in [1.165, 1.54) is 42.5 Å². The first-order valence-corrected chi connectivity index (χ1v) is 8.86. The van der Waals surface area contributed by atoms with Gasteiger partial charge < -0.3 is 20.5 Å². The number of alkyl halides is 2. The zero-order chi connectivity index (χ0) is 21.2. The number of nitrogens with zero attached hydrogens (tertiary/aromatic N) is 2. The van der Waals surface area contributed by atoms with Gasteiger partial charge in [-0.15, -0.1) is 24.0 Å². The molecule has 0 aromatic heterocycles. The molecule has 162 valence electrons. The Labute approximate surface area is 189 Å². The van der Waals surface area contributed by atoms with Gasteiger partial charge in [0.05, 0.1) is 24.3 Å². The number of aliphatic hydroxyl groups excluding tert-OH is 1. The number of rotatable bonds is 8. The first-order chi connectivity index (χ1) is 13.9. The highest BCUT2D eigenvalue weighted by atomic mass is 127. The van der Waals surface area contributed by atoms with Crippen molar-refractivity contribution in [3.05, 3.63) is 65.0 Å². The highest BCUT2D eigenvalue weighted by Gasteiger charge is 2.11. The zero-order valence-electron chi connectivity index (χ0n) is 16.1. The van der Waals surface area contributed by atoms with Crippen LogP contribution in [0.3, 0.4) is 0 Å². The van der Waals surface area contributed by atoms with Gasteiger partial charge in [-0.2, -0.15) is 14.0 Å². The second kappa shape index (κ2) is 12.9. The predicted octanol–water partition coefficient (Wildman–Crippen LogP) is 3.71. The lowest BCUT2D eigenvalue weighted by Crippen LogP contribution is -2.39. The molecule has 0 spiro atoms. The maximum Gasteiger partial charge on any atom is 0.387 e. The molecule has 0 aliphatic heterocycles. The standard InChI is InChI=1S/C20H21F3N4O2.HI/c1-2-25-20(26-11-15-9-13(10-24)3-8-17(15)21)27-12-18(28)14-4-6-16(7-5-14)29-19(22)23;/h3-9,18-19,28H,2,11-12H2,1H3,(H2,25,26,27);1H. The molecule has 30 heavy (non-hydrogen) atoms. The number of nitrogens with one attached hydrogen (secondary N) is 2. The van der Waals surface area contributed by atoms with Crippen LogP contribution in [-0.4, -0.2) is 30.8 Å². The molecule has 0 heterocycles. The highest BCUT2D eigenvalue weighted by Crippen LogP contribution is 2.19. The molecular weight excluding hydrogens is 512 g/mol. The van der Waals surface area contributed by atoms with E-state index in [2.05, 4.69) is 20.4 Å². The van der Waals surface area contributed by atoms with Crippen LogP contribution in [0.4, 0.5) is 13.2 Å². The smallest absolute Gasteiger partial charge is 0.387 e. The average molecular weight is 534 g/mol. The lowest BCUT2D eigenvalue weighted by atomic mass is 10.1. The zero-order valence-corrected chi connectivity index (χ0v) is 18.4. The molecule has 2 aromatic carbocycles. The van der Waals surface area contributed by atoms with Gasteiger partial charge in [0, 0.05) is 18.7 Å². The molecule has 10 heteroatoms. The number of hydrogen-bond acceptors (Lipinski definition) is 4. The molecule has 0 fully saturated rings. The number of nitriles is 1. The van der Waals surface area contributed by atoms with Crippen LogP contribution in [0.15, 0.2) is 47.5 Å². The van der Waals surface area contributed by atoms with Gasteiger partial charge >= 0.3 is 6.61 Å². The third kappa shape index (κ3) is 8.08. The Morgan fingerprint density at radius 3 is 2.50 bits per heavy atom. The van der Waals surface area contributed by atoms with E-state index in [-0.39, 0.29) is 48.4 Å². The Bertz CT molecular complexity index is 873. The van der Waals surface area contributed by atoms with Gasteiger partial charge in [0.2, 0.25) is 0 Å². The number of guanidine groups is 1. The molecule has 0 aliphatic rings. The van der Waals surface area contributed by atoms with Gasteiger partial charge in [0.15, 0.2) is 5.96 Å². The molecule has 6 nitrogen and oxygen atoms in total. The number of halogens is 4. The van der Waals surface area contributed by atoms with Crippen molar-refractivity contribution in [2.45, 2.75) is 26.2 Å². The van der Waals surface area contributed by atoms with Crippen molar-refractivity contribution < 1.29 is 23.0 Å². The van der Waals surface area contributed by atoms with Gasteiger partial charge in [0.25, 0.3) is 0 Å². The van der Waals surface area contributed by atoms with Crippen molar-refractivity contribution in [2.75, 3.05) is 13.1 Å². The summed E-state index contributed by atoms with van der Waals surface area (Å²) in [5.74, 6) is -0.110. The van der Waals surface area contributed by atoms with Crippen LogP contribution in [0.2, 0.25) is 0 Å². The van der Waals surface area contributed by atoms with Crippen LogP contribution >= 0.6 is 24.0 Å². The first-order valence-electron chi connectivity index (χ1n) is 8.86. The molecule has 0 aliphatic carbocycles. The topological polar surface area (TPSA) is 89.7 Å². The van der Waals surface area contributed by atoms with Gasteiger partial charge in [-0.3, -0.25) is 0 Å². The normalized spacial score (nSPS) is 12.0. The second-order valence-electron chi connectivity index (χ2n) is 5.96. The highest BCUT2D eigenvalue weighted by molar-refractivity contribution is 14.0. The summed E-state index contributed by atoms with van der Waals surface area (Å²) in [6.07, 6.45) is -0.932. The molecule has 2 aromatic rings. The van der Waals surface area contributed by atoms with E-state index < -0.39 is 18.5 Å². The van der Waals surface area contributed by atoms with Crippen LogP contribution in [0.1, 0.15) is 29.7 Å². The molecule has 1 unspecified atom stereocenters. The van der Waals surface area contributed by atoms with Crippen LogP contribution < -0.4 is 15.4 Å². The van der Waals surface area contributed by atoms with Crippen LogP contribution in [0, 0.1) is 17.1 Å². The average Bonchev–Trinajstić information content (AvgIpc) is 2.71. The van der Waals surface area contributed by atoms with E-state index in [0.29, 0.717) is 23.6 Å². The summed E-state index contributed by atoms with van der Waals surface area (Å²) in [6, 6.07) is 11.6. The Morgan fingerprint density at radius 2 is 1.90 bits per heavy atom. The summed E-state index contributed by atoms with van der Waals surface area (Å²) >= 11 is 0. The molecule has 0 radical (unpaired) electrons. The molecule has 0 saturated heterocycles. The summed E-state index contributed by atoms with van der Waals surface area (Å²) in [5, 5.41) is 25.1. The molecule has 0 bridgehead atoms. The molecule has 2 rings (SSSR count). The van der Waals surface area contributed by atoms with Crippen molar-refractivity contribution in [1.29, 1.82) is 5.26 Å². The van der Waals surface area contributed by atoms with Crippen molar-refractivity contribution in [2.24, 2.45) is 4.99 Å². The maximum absolute atomic E-state index is 13.9. The monoisotopic (exact) mass is 534 g/mol. The quantitative estimate of drug-likeness (QED) is 0.273.